The minimum atomic E-state index is -2.02. The molecule has 352 valence electrons. The molecule has 2 aromatic carbocycles. The molecule has 66 heavy (non-hydrogen) atoms. The van der Waals surface area contributed by atoms with Gasteiger partial charge in [0.15, 0.2) is 11.7 Å². The summed E-state index contributed by atoms with van der Waals surface area (Å²) in [5.41, 5.74) is 6.11. The van der Waals surface area contributed by atoms with Crippen molar-refractivity contribution in [3.05, 3.63) is 80.6 Å². The Balaban J connectivity index is 1.10. The number of aliphatic hydroxyl groups is 4. The number of cyclic esters (lactones) is 1. The summed E-state index contributed by atoms with van der Waals surface area (Å²) in [7, 11) is 1.42. The van der Waals surface area contributed by atoms with Crippen LogP contribution in [-0.2, 0) is 65.3 Å². The number of benzene rings is 2. The number of esters is 1. The van der Waals surface area contributed by atoms with Gasteiger partial charge in [-0.2, -0.15) is 0 Å². The van der Waals surface area contributed by atoms with Crippen LogP contribution in [0.1, 0.15) is 61.9 Å². The highest BCUT2D eigenvalue weighted by Gasteiger charge is 2.49. The second kappa shape index (κ2) is 18.3. The van der Waals surface area contributed by atoms with Gasteiger partial charge in [-0.3, -0.25) is 14.4 Å². The number of carboxylic acids is 1. The second-order valence-corrected chi connectivity index (χ2v) is 16.8. The van der Waals surface area contributed by atoms with Gasteiger partial charge in [0.1, 0.15) is 49.1 Å². The molecule has 0 radical (unpaired) electrons. The van der Waals surface area contributed by atoms with Crippen molar-refractivity contribution in [1.29, 1.82) is 0 Å². The number of aromatic nitrogens is 2. The quantitative estimate of drug-likeness (QED) is 0.0715. The molecule has 3 amide bonds. The number of hydrogen-bond acceptors (Lipinski definition) is 17. The highest BCUT2D eigenvalue weighted by Crippen LogP contribution is 2.40. The summed E-state index contributed by atoms with van der Waals surface area (Å²) < 4.78 is 23.3. The van der Waals surface area contributed by atoms with Gasteiger partial charge in [0, 0.05) is 29.1 Å². The highest BCUT2D eigenvalue weighted by molar-refractivity contribution is 5.98. The topological polar surface area (TPSA) is 332 Å². The van der Waals surface area contributed by atoms with E-state index >= 15 is 0 Å². The molecule has 5 heterocycles. The maximum absolute atomic E-state index is 13.7. The van der Waals surface area contributed by atoms with Gasteiger partial charge in [0.25, 0.3) is 5.56 Å². The van der Waals surface area contributed by atoms with E-state index in [-0.39, 0.29) is 65.9 Å². The average Bonchev–Trinajstić information content (AvgIpc) is 3.65. The number of carbonyl (C=O) groups is 5. The molecule has 0 unspecified atom stereocenters. The van der Waals surface area contributed by atoms with Gasteiger partial charge in [-0.05, 0) is 61.2 Å². The van der Waals surface area contributed by atoms with Crippen molar-refractivity contribution in [3.63, 3.8) is 0 Å². The molecule has 0 aliphatic carbocycles. The van der Waals surface area contributed by atoms with Crippen molar-refractivity contribution in [2.24, 2.45) is 11.7 Å². The Hall–Kier alpha value is -6.69. The number of pyridine rings is 2. The standard InChI is InChI=1S/C44H50N6O16/c1-6-44(62)25-13-28-32-21(14-50(28)39(57)24(25)17-63-42(44)60)12-22-23(29(51)10-9-26(22)47-32)15-49(5)43(61)64-16-20-7-8-27(48-37(55)19(4)46-38(56)31(45)18(2)3)30(11-20)65-41-35(54)33(52)34(53)36(66-41)40(58)59/h7-13,18-19,31,33-36,41,51-54,62H,6,14-17,45H2,1-5H3,(H,46,56)(H,48,55)(H,58,59)/t19-,31-,33-,34-,35+,36-,41+,44-/m0/s1. The number of amides is 3. The lowest BCUT2D eigenvalue weighted by Crippen LogP contribution is -2.61. The molecule has 0 spiro atoms. The second-order valence-electron chi connectivity index (χ2n) is 16.8. The summed E-state index contributed by atoms with van der Waals surface area (Å²) in [5.74, 6) is -4.48. The molecule has 4 aromatic rings. The zero-order chi connectivity index (χ0) is 48.1. The van der Waals surface area contributed by atoms with E-state index in [1.165, 1.54) is 47.7 Å². The Kier molecular flexibility index (Phi) is 13.1. The van der Waals surface area contributed by atoms with E-state index in [9.17, 15) is 59.4 Å². The third kappa shape index (κ3) is 8.73. The summed E-state index contributed by atoms with van der Waals surface area (Å²) >= 11 is 0. The number of carboxylic acid groups (broad SMARTS) is 1. The predicted octanol–water partition coefficient (Wildman–Crippen LogP) is 0.251. The molecule has 0 bridgehead atoms. The molecular formula is C44H50N6O16. The Morgan fingerprint density at radius 3 is 2.44 bits per heavy atom. The monoisotopic (exact) mass is 918 g/mol. The molecule has 1 saturated heterocycles. The van der Waals surface area contributed by atoms with Crippen LogP contribution < -0.4 is 26.7 Å². The van der Waals surface area contributed by atoms with Crippen molar-refractivity contribution in [3.8, 4) is 22.9 Å². The molecule has 3 aliphatic heterocycles. The van der Waals surface area contributed by atoms with Crippen molar-refractivity contribution >= 4 is 46.4 Å². The van der Waals surface area contributed by atoms with Crippen LogP contribution in [0.15, 0.2) is 47.3 Å². The summed E-state index contributed by atoms with van der Waals surface area (Å²) in [6.45, 7) is 5.67. The number of aliphatic carboxylic acids is 1. The number of aliphatic hydroxyl groups excluding tert-OH is 3. The van der Waals surface area contributed by atoms with Gasteiger partial charge in [-0.25, -0.2) is 19.4 Å². The molecule has 8 atom stereocenters. The zero-order valence-electron chi connectivity index (χ0n) is 36.4. The number of anilines is 1. The van der Waals surface area contributed by atoms with Crippen molar-refractivity contribution in [2.75, 3.05) is 12.4 Å². The van der Waals surface area contributed by atoms with E-state index in [4.69, 9.17) is 29.7 Å². The van der Waals surface area contributed by atoms with Crippen LogP contribution in [0.25, 0.3) is 22.3 Å². The number of rotatable bonds is 13. The number of aromatic hydroxyl groups is 1. The maximum atomic E-state index is 13.7. The third-order valence-electron chi connectivity index (χ3n) is 12.0. The number of phenols is 1. The van der Waals surface area contributed by atoms with Gasteiger partial charge in [-0.15, -0.1) is 0 Å². The number of fused-ring (bicyclic) bond motifs is 5. The first-order valence-corrected chi connectivity index (χ1v) is 20.9. The van der Waals surface area contributed by atoms with E-state index in [2.05, 4.69) is 10.6 Å². The van der Waals surface area contributed by atoms with Crippen LogP contribution in [0.4, 0.5) is 10.5 Å². The first-order valence-electron chi connectivity index (χ1n) is 20.9. The lowest BCUT2D eigenvalue weighted by molar-refractivity contribution is -0.271. The zero-order valence-corrected chi connectivity index (χ0v) is 36.4. The predicted molar refractivity (Wildman–Crippen MR) is 228 cm³/mol. The fourth-order valence-electron chi connectivity index (χ4n) is 7.87. The van der Waals surface area contributed by atoms with Crippen LogP contribution in [0.3, 0.4) is 0 Å². The fourth-order valence-corrected chi connectivity index (χ4v) is 7.87. The number of nitrogens with one attached hydrogen (secondary N) is 2. The number of ether oxygens (including phenoxy) is 4. The van der Waals surface area contributed by atoms with Gasteiger partial charge in [0.05, 0.1) is 47.3 Å². The molecule has 7 rings (SSSR count). The summed E-state index contributed by atoms with van der Waals surface area (Å²) in [6, 6.07) is 8.33. The van der Waals surface area contributed by atoms with Crippen LogP contribution in [0.2, 0.25) is 0 Å². The van der Waals surface area contributed by atoms with Gasteiger partial charge in [-0.1, -0.05) is 26.8 Å². The van der Waals surface area contributed by atoms with Crippen molar-refractivity contribution < 1.29 is 73.6 Å². The molecule has 2 aromatic heterocycles. The van der Waals surface area contributed by atoms with Crippen LogP contribution in [-0.4, -0.2) is 125 Å². The summed E-state index contributed by atoms with van der Waals surface area (Å²) in [6.07, 6.45) is -10.8. The summed E-state index contributed by atoms with van der Waals surface area (Å²) in [4.78, 5) is 83.3. The lowest BCUT2D eigenvalue weighted by Gasteiger charge is -2.38. The molecule has 10 N–H and O–H groups in total. The average molecular weight is 919 g/mol. The SMILES string of the molecule is CC[C@@]1(O)C(=O)OCc2c1cc1n(c2=O)Cc2cc3c(CN(C)C(=O)OCc4ccc(NC(=O)[C@H](C)NC(=O)[C@@H](N)C(C)C)c(O[C@@H]5O[C@H](C(=O)O)[C@@H](O)[C@H](O)[C@H]5O)c4)c(O)ccc3nc2-1. The summed E-state index contributed by atoms with van der Waals surface area (Å²) in [5, 5.41) is 68.6. The number of hydrogen-bond donors (Lipinski definition) is 9. The third-order valence-corrected chi connectivity index (χ3v) is 12.0. The first kappa shape index (κ1) is 47.3. The van der Waals surface area contributed by atoms with Gasteiger partial charge < -0.3 is 75.4 Å². The Morgan fingerprint density at radius 1 is 1.03 bits per heavy atom. The number of nitrogens with two attached hydrogens (primary N) is 1. The minimum absolute atomic E-state index is 0.0208. The Morgan fingerprint density at radius 2 is 1.76 bits per heavy atom. The van der Waals surface area contributed by atoms with Crippen LogP contribution in [0.5, 0.6) is 11.5 Å². The largest absolute Gasteiger partial charge is 0.508 e. The van der Waals surface area contributed by atoms with Crippen LogP contribution >= 0.6 is 0 Å². The van der Waals surface area contributed by atoms with E-state index < -0.39 is 90.4 Å². The van der Waals surface area contributed by atoms with Gasteiger partial charge in [0.2, 0.25) is 18.1 Å². The number of phenolic OH excluding ortho intramolecular Hbond substituents is 1. The van der Waals surface area contributed by atoms with Crippen molar-refractivity contribution in [2.45, 2.75) is 109 Å². The first-order chi connectivity index (χ1) is 31.1. The van der Waals surface area contributed by atoms with E-state index in [0.29, 0.717) is 33.4 Å². The highest BCUT2D eigenvalue weighted by atomic mass is 16.7. The lowest BCUT2D eigenvalue weighted by atomic mass is 9.86. The molecular weight excluding hydrogens is 869 g/mol. The molecule has 3 aliphatic rings. The van der Waals surface area contributed by atoms with E-state index in [1.54, 1.807) is 39.0 Å². The van der Waals surface area contributed by atoms with E-state index in [1.807, 2.05) is 0 Å². The van der Waals surface area contributed by atoms with E-state index in [0.717, 1.165) is 0 Å². The minimum Gasteiger partial charge on any atom is -0.508 e. The number of nitrogens with zero attached hydrogens (tertiary/aromatic N) is 3. The molecule has 22 heteroatoms. The molecule has 22 nitrogen and oxygen atoms in total. The molecule has 0 saturated carbocycles. The Bertz CT molecular complexity index is 2690. The smallest absolute Gasteiger partial charge is 0.410 e. The fraction of sp³-hybridized carbons (Fsp3) is 0.432. The normalized spacial score (nSPS) is 22.9. The number of carbonyl (C=O) groups excluding carboxylic acids is 4. The molecule has 1 fully saturated rings. The van der Waals surface area contributed by atoms with Gasteiger partial charge >= 0.3 is 18.0 Å². The van der Waals surface area contributed by atoms with Crippen molar-refractivity contribution in [1.82, 2.24) is 19.8 Å². The Labute approximate surface area is 375 Å². The maximum Gasteiger partial charge on any atom is 0.410 e. The van der Waals surface area contributed by atoms with Crippen LogP contribution in [0, 0.1) is 5.92 Å².